The van der Waals surface area contributed by atoms with E-state index in [0.29, 0.717) is 18.1 Å². The van der Waals surface area contributed by atoms with Crippen molar-refractivity contribution in [1.82, 2.24) is 0 Å². The Kier molecular flexibility index (Phi) is 6.40. The first-order valence-corrected chi connectivity index (χ1v) is 8.01. The van der Waals surface area contributed by atoms with E-state index >= 15 is 0 Å². The minimum absolute atomic E-state index is 0.181. The standard InChI is InChI=1S/C21H23NO3/c1-5-12-25-19-10-8-17(14-20(19)24-4)9-11-21(23)22-18-13-15(2)6-7-16(18)3/h5-11,13-14H,1,12H2,2-4H3,(H,22,23)/b11-9+. The van der Waals surface area contributed by atoms with Gasteiger partial charge in [0.15, 0.2) is 11.5 Å². The summed E-state index contributed by atoms with van der Waals surface area (Å²) in [6.07, 6.45) is 4.91. The summed E-state index contributed by atoms with van der Waals surface area (Å²) in [4.78, 5) is 12.1. The fraction of sp³-hybridized carbons (Fsp3) is 0.190. The van der Waals surface area contributed by atoms with Crippen LogP contribution in [0, 0.1) is 13.8 Å². The van der Waals surface area contributed by atoms with Crippen molar-refractivity contribution in [3.8, 4) is 11.5 Å². The SMILES string of the molecule is C=CCOc1ccc(/C=C/C(=O)Nc2cc(C)ccc2C)cc1OC. The predicted molar refractivity (Wildman–Crippen MR) is 102 cm³/mol. The molecule has 0 radical (unpaired) electrons. The Morgan fingerprint density at radius 2 is 1.96 bits per heavy atom. The van der Waals surface area contributed by atoms with Crippen LogP contribution in [0.25, 0.3) is 6.08 Å². The quantitative estimate of drug-likeness (QED) is 0.596. The third kappa shape index (κ3) is 5.24. The number of ether oxygens (including phenoxy) is 2. The lowest BCUT2D eigenvalue weighted by atomic mass is 10.1. The van der Waals surface area contributed by atoms with Crippen LogP contribution in [0.5, 0.6) is 11.5 Å². The van der Waals surface area contributed by atoms with Gasteiger partial charge in [-0.3, -0.25) is 4.79 Å². The molecular formula is C21H23NO3. The second-order valence-corrected chi connectivity index (χ2v) is 5.65. The summed E-state index contributed by atoms with van der Waals surface area (Å²) in [5.41, 5.74) is 3.79. The topological polar surface area (TPSA) is 47.6 Å². The zero-order valence-corrected chi connectivity index (χ0v) is 14.8. The number of anilines is 1. The monoisotopic (exact) mass is 337 g/mol. The lowest BCUT2D eigenvalue weighted by Crippen LogP contribution is -2.09. The third-order valence-corrected chi connectivity index (χ3v) is 3.62. The third-order valence-electron chi connectivity index (χ3n) is 3.62. The molecule has 4 heteroatoms. The van der Waals surface area contributed by atoms with Crippen molar-refractivity contribution in [2.45, 2.75) is 13.8 Å². The molecule has 0 unspecified atom stereocenters. The van der Waals surface area contributed by atoms with Crippen molar-refractivity contribution in [3.63, 3.8) is 0 Å². The summed E-state index contributed by atoms with van der Waals surface area (Å²) >= 11 is 0. The molecule has 25 heavy (non-hydrogen) atoms. The molecule has 0 saturated carbocycles. The summed E-state index contributed by atoms with van der Waals surface area (Å²) in [6, 6.07) is 11.5. The summed E-state index contributed by atoms with van der Waals surface area (Å²) in [5, 5.41) is 2.90. The van der Waals surface area contributed by atoms with Crippen LogP contribution in [0.3, 0.4) is 0 Å². The van der Waals surface area contributed by atoms with Crippen molar-refractivity contribution in [1.29, 1.82) is 0 Å². The molecule has 0 aliphatic rings. The van der Waals surface area contributed by atoms with Gasteiger partial charge in [-0.05, 0) is 54.8 Å². The van der Waals surface area contributed by atoms with E-state index in [4.69, 9.17) is 9.47 Å². The molecule has 4 nitrogen and oxygen atoms in total. The van der Waals surface area contributed by atoms with Gasteiger partial charge in [-0.25, -0.2) is 0 Å². The van der Waals surface area contributed by atoms with Gasteiger partial charge >= 0.3 is 0 Å². The van der Waals surface area contributed by atoms with E-state index in [1.165, 1.54) is 6.08 Å². The average Bonchev–Trinajstić information content (AvgIpc) is 2.61. The van der Waals surface area contributed by atoms with Crippen LogP contribution >= 0.6 is 0 Å². The molecule has 0 fully saturated rings. The van der Waals surface area contributed by atoms with E-state index < -0.39 is 0 Å². The van der Waals surface area contributed by atoms with Crippen LogP contribution in [-0.4, -0.2) is 19.6 Å². The summed E-state index contributed by atoms with van der Waals surface area (Å²) in [7, 11) is 1.58. The maximum Gasteiger partial charge on any atom is 0.248 e. The molecule has 0 spiro atoms. The van der Waals surface area contributed by atoms with Crippen LogP contribution < -0.4 is 14.8 Å². The van der Waals surface area contributed by atoms with E-state index in [2.05, 4.69) is 11.9 Å². The maximum atomic E-state index is 12.1. The number of benzene rings is 2. The first-order chi connectivity index (χ1) is 12.0. The van der Waals surface area contributed by atoms with Gasteiger partial charge in [0.1, 0.15) is 6.61 Å². The second-order valence-electron chi connectivity index (χ2n) is 5.65. The number of methoxy groups -OCH3 is 1. The molecule has 1 amide bonds. The van der Waals surface area contributed by atoms with Crippen LogP contribution in [0.15, 0.2) is 55.1 Å². The van der Waals surface area contributed by atoms with Crippen LogP contribution in [0.1, 0.15) is 16.7 Å². The van der Waals surface area contributed by atoms with Crippen molar-refractivity contribution in [3.05, 3.63) is 71.8 Å². The fourth-order valence-corrected chi connectivity index (χ4v) is 2.27. The Hall–Kier alpha value is -3.01. The molecule has 2 aromatic carbocycles. The van der Waals surface area contributed by atoms with E-state index in [1.807, 2.05) is 50.2 Å². The minimum Gasteiger partial charge on any atom is -0.493 e. The van der Waals surface area contributed by atoms with Crippen LogP contribution in [0.2, 0.25) is 0 Å². The van der Waals surface area contributed by atoms with Crippen molar-refractivity contribution >= 4 is 17.7 Å². The van der Waals surface area contributed by atoms with Gasteiger partial charge in [-0.15, -0.1) is 0 Å². The number of rotatable bonds is 7. The summed E-state index contributed by atoms with van der Waals surface area (Å²) in [6.45, 7) is 7.99. The lowest BCUT2D eigenvalue weighted by Gasteiger charge is -2.10. The van der Waals surface area contributed by atoms with Gasteiger partial charge in [0.25, 0.3) is 0 Å². The highest BCUT2D eigenvalue weighted by Crippen LogP contribution is 2.28. The largest absolute Gasteiger partial charge is 0.493 e. The molecule has 0 atom stereocenters. The Bertz CT molecular complexity index is 794. The molecule has 130 valence electrons. The zero-order valence-electron chi connectivity index (χ0n) is 14.8. The van der Waals surface area contributed by atoms with Crippen molar-refractivity contribution < 1.29 is 14.3 Å². The molecular weight excluding hydrogens is 314 g/mol. The predicted octanol–water partition coefficient (Wildman–Crippen LogP) is 4.53. The van der Waals surface area contributed by atoms with Gasteiger partial charge in [-0.2, -0.15) is 0 Å². The smallest absolute Gasteiger partial charge is 0.248 e. The van der Waals surface area contributed by atoms with Crippen molar-refractivity contribution in [2.75, 3.05) is 19.0 Å². The number of carbonyl (C=O) groups excluding carboxylic acids is 1. The molecule has 0 aromatic heterocycles. The number of aryl methyl sites for hydroxylation is 2. The summed E-state index contributed by atoms with van der Waals surface area (Å²) < 4.78 is 10.8. The van der Waals surface area contributed by atoms with Gasteiger partial charge in [-0.1, -0.05) is 30.9 Å². The molecule has 0 heterocycles. The highest BCUT2D eigenvalue weighted by molar-refractivity contribution is 6.02. The van der Waals surface area contributed by atoms with Crippen LogP contribution in [0.4, 0.5) is 5.69 Å². The first kappa shape index (κ1) is 18.3. The van der Waals surface area contributed by atoms with Crippen LogP contribution in [-0.2, 0) is 4.79 Å². The zero-order chi connectivity index (χ0) is 18.2. The molecule has 0 bridgehead atoms. The highest BCUT2D eigenvalue weighted by Gasteiger charge is 2.05. The maximum absolute atomic E-state index is 12.1. The number of nitrogens with one attached hydrogen (secondary N) is 1. The minimum atomic E-state index is -0.181. The molecule has 2 aromatic rings. The van der Waals surface area contributed by atoms with E-state index in [-0.39, 0.29) is 5.91 Å². The second kappa shape index (κ2) is 8.73. The lowest BCUT2D eigenvalue weighted by molar-refractivity contribution is -0.111. The molecule has 1 N–H and O–H groups in total. The molecule has 0 aliphatic carbocycles. The molecule has 0 saturated heterocycles. The Morgan fingerprint density at radius 3 is 2.68 bits per heavy atom. The number of carbonyl (C=O) groups is 1. The number of amides is 1. The Balaban J connectivity index is 2.08. The van der Waals surface area contributed by atoms with E-state index in [1.54, 1.807) is 19.3 Å². The Labute approximate surface area is 148 Å². The van der Waals surface area contributed by atoms with Crippen molar-refractivity contribution in [2.24, 2.45) is 0 Å². The highest BCUT2D eigenvalue weighted by atomic mass is 16.5. The number of hydrogen-bond donors (Lipinski definition) is 1. The molecule has 2 rings (SSSR count). The van der Waals surface area contributed by atoms with Gasteiger partial charge in [0.05, 0.1) is 7.11 Å². The van der Waals surface area contributed by atoms with Gasteiger partial charge < -0.3 is 14.8 Å². The normalized spacial score (nSPS) is 10.5. The number of hydrogen-bond acceptors (Lipinski definition) is 3. The summed E-state index contributed by atoms with van der Waals surface area (Å²) in [5.74, 6) is 1.07. The van der Waals surface area contributed by atoms with E-state index in [9.17, 15) is 4.79 Å². The fourth-order valence-electron chi connectivity index (χ4n) is 2.27. The van der Waals surface area contributed by atoms with Gasteiger partial charge in [0, 0.05) is 11.8 Å². The van der Waals surface area contributed by atoms with E-state index in [0.717, 1.165) is 22.4 Å². The first-order valence-electron chi connectivity index (χ1n) is 8.01. The average molecular weight is 337 g/mol. The Morgan fingerprint density at radius 1 is 1.16 bits per heavy atom. The van der Waals surface area contributed by atoms with Gasteiger partial charge in [0.2, 0.25) is 5.91 Å². The molecule has 0 aliphatic heterocycles.